The largest absolute Gasteiger partial charge is 0.458 e. The number of carbonyl (C=O) groups is 3. The summed E-state index contributed by atoms with van der Waals surface area (Å²) in [7, 11) is 0. The van der Waals surface area contributed by atoms with Crippen LogP contribution in [-0.4, -0.2) is 88.9 Å². The zero-order chi connectivity index (χ0) is 39.9. The summed E-state index contributed by atoms with van der Waals surface area (Å²) < 4.78 is 112. The standard InChI is InChI=1S/C29H26F3N9O2.C4F6O2/c30-29(31,32)25-22-10-14-40(20-8-6-19(7-9-20)39-15-11-33-23(39)17-38-12-1-2-13-38)27(42)24(22)41(37-25)21-5-3-4-18(16-21)26-34-28(43)36-35-26;5-3(6,7)1(11)2(12)4(8,9)10/h3-9,11,15-16H,1-2,10,12-14,17H2,(H2,34,35,36,43);. The Hall–Kier alpha value is -6.06. The average Bonchev–Trinajstić information content (AvgIpc) is 3.95. The zero-order valence-electron chi connectivity index (χ0n) is 27.9. The van der Waals surface area contributed by atoms with Gasteiger partial charge in [0.2, 0.25) is 0 Å². The average molecular weight is 784 g/mol. The molecule has 1 fully saturated rings. The van der Waals surface area contributed by atoms with Crippen molar-refractivity contribution in [2.75, 3.05) is 24.5 Å². The zero-order valence-corrected chi connectivity index (χ0v) is 27.9. The maximum absolute atomic E-state index is 14.1. The van der Waals surface area contributed by atoms with E-state index in [0.717, 1.165) is 35.8 Å². The molecule has 1 amide bonds. The van der Waals surface area contributed by atoms with Crippen LogP contribution in [0.25, 0.3) is 22.8 Å². The molecule has 5 aromatic rings. The van der Waals surface area contributed by atoms with Crippen LogP contribution in [0.5, 0.6) is 0 Å². The monoisotopic (exact) mass is 783 g/mol. The predicted molar refractivity (Wildman–Crippen MR) is 172 cm³/mol. The molecule has 0 radical (unpaired) electrons. The Kier molecular flexibility index (Phi) is 10.3. The number of nitrogens with zero attached hydrogens (tertiary/aromatic N) is 7. The topological polar surface area (TPSA) is 155 Å². The van der Waals surface area contributed by atoms with E-state index in [0.29, 0.717) is 11.3 Å². The summed E-state index contributed by atoms with van der Waals surface area (Å²) in [5, 5.41) is 10.0. The molecular formula is C33H26F9N9O4. The van der Waals surface area contributed by atoms with Crippen LogP contribution in [0.1, 0.15) is 40.4 Å². The van der Waals surface area contributed by atoms with Gasteiger partial charge in [-0.3, -0.25) is 24.3 Å². The third-order valence-electron chi connectivity index (χ3n) is 8.59. The molecule has 290 valence electrons. The number of imidazole rings is 1. The highest BCUT2D eigenvalue weighted by Gasteiger charge is 2.54. The molecule has 0 unspecified atom stereocenters. The number of H-pyrrole nitrogens is 2. The van der Waals surface area contributed by atoms with Crippen LogP contribution in [0.15, 0.2) is 65.7 Å². The second-order valence-electron chi connectivity index (χ2n) is 12.2. The summed E-state index contributed by atoms with van der Waals surface area (Å²) in [5.74, 6) is -6.28. The Morgan fingerprint density at radius 2 is 1.44 bits per heavy atom. The first-order chi connectivity index (χ1) is 25.8. The number of alkyl halides is 9. The minimum atomic E-state index is -5.77. The van der Waals surface area contributed by atoms with Crippen molar-refractivity contribution in [1.29, 1.82) is 0 Å². The fraction of sp³-hybridized carbons (Fsp3) is 0.303. The maximum Gasteiger partial charge on any atom is 0.458 e. The summed E-state index contributed by atoms with van der Waals surface area (Å²) in [4.78, 5) is 55.5. The molecule has 2 aromatic carbocycles. The first-order valence-electron chi connectivity index (χ1n) is 16.2. The lowest BCUT2D eigenvalue weighted by atomic mass is 10.0. The van der Waals surface area contributed by atoms with Gasteiger partial charge in [-0.2, -0.15) is 49.7 Å². The lowest BCUT2D eigenvalue weighted by Crippen LogP contribution is -2.39. The van der Waals surface area contributed by atoms with Crippen LogP contribution >= 0.6 is 0 Å². The smallest absolute Gasteiger partial charge is 0.307 e. The molecule has 3 aromatic heterocycles. The van der Waals surface area contributed by atoms with Gasteiger partial charge in [0, 0.05) is 41.4 Å². The van der Waals surface area contributed by atoms with Crippen LogP contribution in [0.2, 0.25) is 0 Å². The number of Topliss-reactive ketones (excluding diaryl/α,β-unsaturated/α-hetero) is 2. The van der Waals surface area contributed by atoms with Crippen molar-refractivity contribution in [3.8, 4) is 22.8 Å². The number of hydrogen-bond donors (Lipinski definition) is 2. The number of nitrogens with one attached hydrogen (secondary N) is 2. The van der Waals surface area contributed by atoms with E-state index in [1.54, 1.807) is 36.5 Å². The summed E-state index contributed by atoms with van der Waals surface area (Å²) in [6.07, 6.45) is -10.3. The lowest BCUT2D eigenvalue weighted by Gasteiger charge is -2.28. The number of halogens is 9. The second-order valence-corrected chi connectivity index (χ2v) is 12.2. The number of aromatic nitrogens is 7. The summed E-state index contributed by atoms with van der Waals surface area (Å²) in [6, 6.07) is 13.6. The van der Waals surface area contributed by atoms with Gasteiger partial charge in [0.05, 0.1) is 12.2 Å². The summed E-state index contributed by atoms with van der Waals surface area (Å²) in [6.45, 7) is 2.90. The number of ketones is 2. The predicted octanol–water partition coefficient (Wildman–Crippen LogP) is 5.20. The summed E-state index contributed by atoms with van der Waals surface area (Å²) >= 11 is 0. The van der Waals surface area contributed by atoms with Crippen molar-refractivity contribution in [2.24, 2.45) is 0 Å². The van der Waals surface area contributed by atoms with Gasteiger partial charge in [0.25, 0.3) is 5.91 Å². The van der Waals surface area contributed by atoms with E-state index >= 15 is 0 Å². The molecule has 1 saturated heterocycles. The van der Waals surface area contributed by atoms with E-state index in [-0.39, 0.29) is 35.7 Å². The number of benzene rings is 2. The normalized spacial score (nSPS) is 15.1. The van der Waals surface area contributed by atoms with Crippen LogP contribution < -0.4 is 10.6 Å². The van der Waals surface area contributed by atoms with E-state index in [2.05, 4.69) is 30.2 Å². The molecule has 7 rings (SSSR count). The highest BCUT2D eigenvalue weighted by Crippen LogP contribution is 2.37. The Morgan fingerprint density at radius 1 is 0.800 bits per heavy atom. The Balaban J connectivity index is 0.000000372. The molecule has 0 bridgehead atoms. The van der Waals surface area contributed by atoms with E-state index in [4.69, 9.17) is 0 Å². The maximum atomic E-state index is 14.1. The second kappa shape index (κ2) is 14.6. The number of aromatic amines is 2. The van der Waals surface area contributed by atoms with Gasteiger partial charge in [0.15, 0.2) is 11.5 Å². The molecule has 13 nitrogen and oxygen atoms in total. The Labute approximate surface area is 302 Å². The quantitative estimate of drug-likeness (QED) is 0.169. The fourth-order valence-corrected chi connectivity index (χ4v) is 6.09. The molecule has 0 atom stereocenters. The van der Waals surface area contributed by atoms with Gasteiger partial charge >= 0.3 is 35.8 Å². The molecule has 0 saturated carbocycles. The highest BCUT2D eigenvalue weighted by molar-refractivity contribution is 6.41. The third kappa shape index (κ3) is 8.22. The minimum Gasteiger partial charge on any atom is -0.307 e. The number of likely N-dealkylation sites (tertiary alicyclic amines) is 1. The number of carbonyl (C=O) groups excluding carboxylic acids is 3. The molecule has 5 heterocycles. The molecule has 0 spiro atoms. The molecule has 2 aliphatic heterocycles. The van der Waals surface area contributed by atoms with E-state index < -0.39 is 47.4 Å². The highest BCUT2D eigenvalue weighted by atomic mass is 19.4. The SMILES string of the molecule is O=C(C(=O)C(F)(F)F)C(F)(F)F.O=C1c2c(c(C(F)(F)F)nn2-c2cccc(-c3n[nH]c(=O)[nH]3)c2)CCN1c1ccc(-n2ccnc2CN2CCCC2)cc1. The fourth-order valence-electron chi connectivity index (χ4n) is 6.09. The van der Waals surface area contributed by atoms with Crippen LogP contribution in [0.3, 0.4) is 0 Å². The van der Waals surface area contributed by atoms with Gasteiger partial charge in [0.1, 0.15) is 11.5 Å². The summed E-state index contributed by atoms with van der Waals surface area (Å²) in [5.41, 5.74) is 0.186. The minimum absolute atomic E-state index is 0.0223. The molecule has 0 aliphatic carbocycles. The molecule has 22 heteroatoms. The van der Waals surface area contributed by atoms with Gasteiger partial charge in [-0.05, 0) is 68.8 Å². The Bertz CT molecular complexity index is 2250. The van der Waals surface area contributed by atoms with E-state index in [1.165, 1.54) is 23.8 Å². The number of rotatable bonds is 7. The van der Waals surface area contributed by atoms with Gasteiger partial charge < -0.3 is 9.47 Å². The van der Waals surface area contributed by atoms with Gasteiger partial charge in [-0.15, -0.1) is 0 Å². The first-order valence-corrected chi connectivity index (χ1v) is 16.2. The molecular weight excluding hydrogens is 757 g/mol. The number of fused-ring (bicyclic) bond motifs is 1. The van der Waals surface area contributed by atoms with Crippen molar-refractivity contribution in [3.63, 3.8) is 0 Å². The van der Waals surface area contributed by atoms with Crippen LogP contribution in [0.4, 0.5) is 45.2 Å². The van der Waals surface area contributed by atoms with Crippen molar-refractivity contribution >= 4 is 23.2 Å². The number of anilines is 1. The Morgan fingerprint density at radius 3 is 2.02 bits per heavy atom. The van der Waals surface area contributed by atoms with E-state index in [1.807, 2.05) is 22.9 Å². The number of amides is 1. The third-order valence-corrected chi connectivity index (χ3v) is 8.59. The first kappa shape index (κ1) is 38.7. The molecule has 2 N–H and O–H groups in total. The van der Waals surface area contributed by atoms with Gasteiger partial charge in [-0.25, -0.2) is 19.6 Å². The molecule has 55 heavy (non-hydrogen) atoms. The van der Waals surface area contributed by atoms with Crippen molar-refractivity contribution < 1.29 is 53.9 Å². The van der Waals surface area contributed by atoms with Crippen molar-refractivity contribution in [3.05, 3.63) is 94.2 Å². The number of hydrogen-bond acceptors (Lipinski definition) is 8. The van der Waals surface area contributed by atoms with Crippen molar-refractivity contribution in [1.82, 2.24) is 39.4 Å². The van der Waals surface area contributed by atoms with Gasteiger partial charge in [-0.1, -0.05) is 12.1 Å². The van der Waals surface area contributed by atoms with E-state index in [9.17, 15) is 58.7 Å². The van der Waals surface area contributed by atoms with Crippen molar-refractivity contribution in [2.45, 2.75) is 44.3 Å². The molecule has 2 aliphatic rings. The van der Waals surface area contributed by atoms with Crippen LogP contribution in [-0.2, 0) is 28.7 Å². The van der Waals surface area contributed by atoms with Crippen LogP contribution in [0, 0.1) is 0 Å². The lowest BCUT2D eigenvalue weighted by molar-refractivity contribution is -0.193.